The Bertz CT molecular complexity index is 396. The van der Waals surface area contributed by atoms with E-state index in [4.69, 9.17) is 0 Å². The van der Waals surface area contributed by atoms with Crippen molar-refractivity contribution >= 4 is 5.69 Å². The predicted octanol–water partition coefficient (Wildman–Crippen LogP) is 2.69. The molecule has 1 unspecified atom stereocenters. The van der Waals surface area contributed by atoms with Crippen LogP contribution in [0.1, 0.15) is 25.9 Å². The SMILES string of the molecule is CCCC(Nc1cccnc1)n1ccnc1. The first-order valence-corrected chi connectivity index (χ1v) is 5.54. The highest BCUT2D eigenvalue weighted by molar-refractivity contribution is 5.40. The van der Waals surface area contributed by atoms with Gasteiger partial charge in [-0.1, -0.05) is 13.3 Å². The molecule has 0 spiro atoms. The van der Waals surface area contributed by atoms with Crippen molar-refractivity contribution in [3.05, 3.63) is 43.2 Å². The Morgan fingerprint density at radius 2 is 2.31 bits per heavy atom. The van der Waals surface area contributed by atoms with Gasteiger partial charge in [0.05, 0.1) is 12.0 Å². The van der Waals surface area contributed by atoms with E-state index in [1.165, 1.54) is 0 Å². The van der Waals surface area contributed by atoms with E-state index in [1.54, 1.807) is 12.4 Å². The van der Waals surface area contributed by atoms with Gasteiger partial charge in [0.15, 0.2) is 0 Å². The van der Waals surface area contributed by atoms with Crippen molar-refractivity contribution in [3.63, 3.8) is 0 Å². The number of nitrogens with zero attached hydrogens (tertiary/aromatic N) is 3. The van der Waals surface area contributed by atoms with Gasteiger partial charge >= 0.3 is 0 Å². The van der Waals surface area contributed by atoms with E-state index in [-0.39, 0.29) is 6.17 Å². The van der Waals surface area contributed by atoms with E-state index in [9.17, 15) is 0 Å². The Labute approximate surface area is 95.4 Å². The zero-order valence-electron chi connectivity index (χ0n) is 9.37. The third-order valence-electron chi connectivity index (χ3n) is 2.44. The monoisotopic (exact) mass is 216 g/mol. The number of nitrogens with one attached hydrogen (secondary N) is 1. The predicted molar refractivity (Wildman–Crippen MR) is 64.0 cm³/mol. The molecule has 0 aliphatic rings. The molecule has 0 saturated heterocycles. The molecule has 2 aromatic heterocycles. The molecule has 0 aliphatic carbocycles. The fourth-order valence-electron chi connectivity index (χ4n) is 1.66. The van der Waals surface area contributed by atoms with Crippen molar-refractivity contribution in [2.24, 2.45) is 0 Å². The zero-order chi connectivity index (χ0) is 11.2. The maximum Gasteiger partial charge on any atom is 0.104 e. The van der Waals surface area contributed by atoms with Crippen molar-refractivity contribution in [1.82, 2.24) is 14.5 Å². The number of pyridine rings is 1. The summed E-state index contributed by atoms with van der Waals surface area (Å²) in [6.07, 6.45) is 11.6. The summed E-state index contributed by atoms with van der Waals surface area (Å²) in [4.78, 5) is 8.17. The fourth-order valence-corrected chi connectivity index (χ4v) is 1.66. The second-order valence-corrected chi connectivity index (χ2v) is 3.70. The minimum Gasteiger partial charge on any atom is -0.364 e. The quantitative estimate of drug-likeness (QED) is 0.835. The molecule has 1 N–H and O–H groups in total. The Morgan fingerprint density at radius 1 is 1.38 bits per heavy atom. The van der Waals surface area contributed by atoms with Crippen molar-refractivity contribution in [2.45, 2.75) is 25.9 Å². The first-order valence-electron chi connectivity index (χ1n) is 5.54. The first kappa shape index (κ1) is 10.7. The normalized spacial score (nSPS) is 12.3. The van der Waals surface area contributed by atoms with E-state index < -0.39 is 0 Å². The molecule has 4 nitrogen and oxygen atoms in total. The summed E-state index contributed by atoms with van der Waals surface area (Å²) in [5, 5.41) is 3.44. The van der Waals surface area contributed by atoms with E-state index >= 15 is 0 Å². The van der Waals surface area contributed by atoms with Crippen LogP contribution in [0, 0.1) is 0 Å². The summed E-state index contributed by atoms with van der Waals surface area (Å²) in [5.74, 6) is 0. The highest BCUT2D eigenvalue weighted by Crippen LogP contribution is 2.16. The van der Waals surface area contributed by atoms with Crippen LogP contribution in [0.3, 0.4) is 0 Å². The molecule has 0 saturated carbocycles. The van der Waals surface area contributed by atoms with Crippen LogP contribution in [0.4, 0.5) is 5.69 Å². The van der Waals surface area contributed by atoms with Crippen molar-refractivity contribution in [2.75, 3.05) is 5.32 Å². The average molecular weight is 216 g/mol. The van der Waals surface area contributed by atoms with E-state index in [2.05, 4.69) is 26.8 Å². The summed E-state index contributed by atoms with van der Waals surface area (Å²) < 4.78 is 2.08. The molecule has 1 atom stereocenters. The molecular formula is C12H16N4. The van der Waals surface area contributed by atoms with Gasteiger partial charge < -0.3 is 9.88 Å². The molecule has 84 valence electrons. The fraction of sp³-hybridized carbons (Fsp3) is 0.333. The van der Waals surface area contributed by atoms with Gasteiger partial charge in [-0.2, -0.15) is 0 Å². The first-order chi connectivity index (χ1) is 7.90. The van der Waals surface area contributed by atoms with Crippen LogP contribution in [-0.2, 0) is 0 Å². The summed E-state index contributed by atoms with van der Waals surface area (Å²) in [6, 6.07) is 3.95. The lowest BCUT2D eigenvalue weighted by atomic mass is 10.2. The molecule has 16 heavy (non-hydrogen) atoms. The number of hydrogen-bond donors (Lipinski definition) is 1. The van der Waals surface area contributed by atoms with Gasteiger partial charge in [0.25, 0.3) is 0 Å². The van der Waals surface area contributed by atoms with E-state index in [0.29, 0.717) is 0 Å². The van der Waals surface area contributed by atoms with Gasteiger partial charge in [0, 0.05) is 24.8 Å². The van der Waals surface area contributed by atoms with Crippen LogP contribution in [-0.4, -0.2) is 14.5 Å². The maximum absolute atomic E-state index is 4.09. The third kappa shape index (κ3) is 2.59. The Kier molecular flexibility index (Phi) is 3.53. The van der Waals surface area contributed by atoms with Crippen molar-refractivity contribution < 1.29 is 0 Å². The Balaban J connectivity index is 2.09. The Morgan fingerprint density at radius 3 is 2.94 bits per heavy atom. The van der Waals surface area contributed by atoms with Crippen LogP contribution in [0.2, 0.25) is 0 Å². The number of imidazole rings is 1. The van der Waals surface area contributed by atoms with Gasteiger partial charge in [0.1, 0.15) is 6.17 Å². The lowest BCUT2D eigenvalue weighted by molar-refractivity contribution is 0.513. The minimum absolute atomic E-state index is 0.247. The van der Waals surface area contributed by atoms with Crippen molar-refractivity contribution in [1.29, 1.82) is 0 Å². The highest BCUT2D eigenvalue weighted by Gasteiger charge is 2.08. The maximum atomic E-state index is 4.09. The molecule has 0 aliphatic heterocycles. The summed E-state index contributed by atoms with van der Waals surface area (Å²) in [7, 11) is 0. The van der Waals surface area contributed by atoms with E-state index in [0.717, 1.165) is 18.5 Å². The molecule has 2 heterocycles. The van der Waals surface area contributed by atoms with Gasteiger partial charge in [-0.25, -0.2) is 4.98 Å². The molecule has 2 aromatic rings. The largest absolute Gasteiger partial charge is 0.364 e. The van der Waals surface area contributed by atoms with Gasteiger partial charge in [0.2, 0.25) is 0 Å². The van der Waals surface area contributed by atoms with Crippen LogP contribution in [0.5, 0.6) is 0 Å². The lowest BCUT2D eigenvalue weighted by Crippen LogP contribution is -2.16. The molecule has 2 rings (SSSR count). The standard InChI is InChI=1S/C12H16N4/c1-2-4-12(16-8-7-14-10-16)15-11-5-3-6-13-9-11/h3,5-10,12,15H,2,4H2,1H3. The topological polar surface area (TPSA) is 42.7 Å². The summed E-state index contributed by atoms with van der Waals surface area (Å²) in [6.45, 7) is 2.18. The Hall–Kier alpha value is -1.84. The van der Waals surface area contributed by atoms with Crippen molar-refractivity contribution in [3.8, 4) is 0 Å². The smallest absolute Gasteiger partial charge is 0.104 e. The highest BCUT2D eigenvalue weighted by atomic mass is 15.2. The van der Waals surface area contributed by atoms with Crippen LogP contribution >= 0.6 is 0 Å². The van der Waals surface area contributed by atoms with Gasteiger partial charge in [-0.05, 0) is 18.6 Å². The number of anilines is 1. The molecule has 0 radical (unpaired) electrons. The third-order valence-corrected chi connectivity index (χ3v) is 2.44. The molecule has 0 fully saturated rings. The summed E-state index contributed by atoms with van der Waals surface area (Å²) in [5.41, 5.74) is 1.04. The molecule has 0 amide bonds. The summed E-state index contributed by atoms with van der Waals surface area (Å²) >= 11 is 0. The van der Waals surface area contributed by atoms with Gasteiger partial charge in [-0.15, -0.1) is 0 Å². The average Bonchev–Trinajstić information content (AvgIpc) is 2.83. The molecular weight excluding hydrogens is 200 g/mol. The second kappa shape index (κ2) is 5.30. The number of aromatic nitrogens is 3. The van der Waals surface area contributed by atoms with Crippen LogP contribution in [0.15, 0.2) is 43.2 Å². The zero-order valence-corrected chi connectivity index (χ0v) is 9.37. The molecule has 4 heteroatoms. The van der Waals surface area contributed by atoms with Crippen LogP contribution in [0.25, 0.3) is 0 Å². The number of hydrogen-bond acceptors (Lipinski definition) is 3. The minimum atomic E-state index is 0.247. The molecule has 0 aromatic carbocycles. The molecule has 0 bridgehead atoms. The second-order valence-electron chi connectivity index (χ2n) is 3.70. The van der Waals surface area contributed by atoms with E-state index in [1.807, 2.05) is 30.9 Å². The van der Waals surface area contributed by atoms with Gasteiger partial charge in [-0.3, -0.25) is 4.98 Å². The van der Waals surface area contributed by atoms with Crippen LogP contribution < -0.4 is 5.32 Å². The lowest BCUT2D eigenvalue weighted by Gasteiger charge is -2.20. The number of rotatable bonds is 5.